The van der Waals surface area contributed by atoms with Gasteiger partial charge in [0.25, 0.3) is 0 Å². The van der Waals surface area contributed by atoms with Crippen LogP contribution in [-0.4, -0.2) is 30.9 Å². The van der Waals surface area contributed by atoms with Gasteiger partial charge in [0.05, 0.1) is 0 Å². The standard InChI is InChI=1S/C16H22FNO2S/c17-14-7-2-1-6-13(14)12-21-11-5-9-18-16(19)15-8-3-4-10-20-15/h1-2,6-7,15H,3-5,8-12H2,(H,18,19)/t15-/m1/s1. The van der Waals surface area contributed by atoms with Gasteiger partial charge in [-0.3, -0.25) is 4.79 Å². The van der Waals surface area contributed by atoms with Gasteiger partial charge < -0.3 is 10.1 Å². The van der Waals surface area contributed by atoms with E-state index in [4.69, 9.17) is 4.74 Å². The Morgan fingerprint density at radius 1 is 1.38 bits per heavy atom. The van der Waals surface area contributed by atoms with Crippen LogP contribution >= 0.6 is 11.8 Å². The molecule has 1 aliphatic heterocycles. The molecule has 1 saturated heterocycles. The van der Waals surface area contributed by atoms with Gasteiger partial charge in [0.1, 0.15) is 11.9 Å². The maximum atomic E-state index is 13.4. The summed E-state index contributed by atoms with van der Waals surface area (Å²) < 4.78 is 18.8. The molecule has 1 atom stereocenters. The molecule has 1 N–H and O–H groups in total. The van der Waals surface area contributed by atoms with Crippen LogP contribution in [-0.2, 0) is 15.3 Å². The van der Waals surface area contributed by atoms with Crippen LogP contribution in [0.25, 0.3) is 0 Å². The third-order valence-electron chi connectivity index (χ3n) is 3.45. The fourth-order valence-electron chi connectivity index (χ4n) is 2.24. The summed E-state index contributed by atoms with van der Waals surface area (Å²) in [6.45, 7) is 1.35. The van der Waals surface area contributed by atoms with E-state index in [0.717, 1.165) is 37.0 Å². The molecule has 0 aliphatic carbocycles. The molecular weight excluding hydrogens is 289 g/mol. The van der Waals surface area contributed by atoms with Crippen LogP contribution < -0.4 is 5.32 Å². The van der Waals surface area contributed by atoms with Crippen LogP contribution in [0.4, 0.5) is 4.39 Å². The highest BCUT2D eigenvalue weighted by Gasteiger charge is 2.20. The first-order valence-corrected chi connectivity index (χ1v) is 8.63. The van der Waals surface area contributed by atoms with Gasteiger partial charge in [-0.1, -0.05) is 18.2 Å². The number of thioether (sulfide) groups is 1. The Labute approximate surface area is 129 Å². The van der Waals surface area contributed by atoms with Gasteiger partial charge >= 0.3 is 0 Å². The first-order valence-electron chi connectivity index (χ1n) is 7.48. The smallest absolute Gasteiger partial charge is 0.249 e. The van der Waals surface area contributed by atoms with Crippen molar-refractivity contribution in [2.24, 2.45) is 0 Å². The van der Waals surface area contributed by atoms with Crippen LogP contribution in [0.5, 0.6) is 0 Å². The number of halogens is 1. The molecule has 3 nitrogen and oxygen atoms in total. The van der Waals surface area contributed by atoms with Crippen molar-refractivity contribution in [3.8, 4) is 0 Å². The van der Waals surface area contributed by atoms with Crippen LogP contribution in [0.3, 0.4) is 0 Å². The highest BCUT2D eigenvalue weighted by Crippen LogP contribution is 2.16. The lowest BCUT2D eigenvalue weighted by atomic mass is 10.1. The number of ether oxygens (including phenoxy) is 1. The molecule has 0 radical (unpaired) electrons. The summed E-state index contributed by atoms with van der Waals surface area (Å²) in [5.74, 6) is 1.44. The average molecular weight is 311 g/mol. The molecular formula is C16H22FNO2S. The minimum atomic E-state index is -0.259. The molecule has 1 aliphatic rings. The fourth-order valence-corrected chi connectivity index (χ4v) is 3.19. The normalized spacial score (nSPS) is 18.4. The van der Waals surface area contributed by atoms with Crippen molar-refractivity contribution in [1.29, 1.82) is 0 Å². The minimum absolute atomic E-state index is 0.00815. The summed E-state index contributed by atoms with van der Waals surface area (Å²) in [7, 11) is 0. The molecule has 0 spiro atoms. The first-order chi connectivity index (χ1) is 10.3. The van der Waals surface area contributed by atoms with Gasteiger partial charge in [-0.25, -0.2) is 4.39 Å². The van der Waals surface area contributed by atoms with E-state index in [2.05, 4.69) is 5.32 Å². The third-order valence-corrected chi connectivity index (χ3v) is 4.54. The number of rotatable bonds is 7. The van der Waals surface area contributed by atoms with E-state index in [9.17, 15) is 9.18 Å². The van der Waals surface area contributed by atoms with Gasteiger partial charge in [0.15, 0.2) is 0 Å². The lowest BCUT2D eigenvalue weighted by Gasteiger charge is -2.21. The molecule has 1 aromatic rings. The Bertz CT molecular complexity index is 450. The van der Waals surface area contributed by atoms with E-state index >= 15 is 0 Å². The van der Waals surface area contributed by atoms with Crippen LogP contribution in [0.1, 0.15) is 31.2 Å². The summed E-state index contributed by atoms with van der Waals surface area (Å²) in [5.41, 5.74) is 0.738. The van der Waals surface area contributed by atoms with Crippen molar-refractivity contribution < 1.29 is 13.9 Å². The maximum absolute atomic E-state index is 13.4. The Morgan fingerprint density at radius 3 is 3.00 bits per heavy atom. The summed E-state index contributed by atoms with van der Waals surface area (Å²) in [6, 6.07) is 6.85. The molecule has 0 saturated carbocycles. The number of hydrogen-bond donors (Lipinski definition) is 1. The zero-order valence-electron chi connectivity index (χ0n) is 12.1. The molecule has 1 amide bonds. The van der Waals surface area contributed by atoms with Crippen molar-refractivity contribution in [2.75, 3.05) is 18.9 Å². The summed E-state index contributed by atoms with van der Waals surface area (Å²) in [6.07, 6.45) is 3.57. The Hall–Kier alpha value is -1.07. The predicted octanol–water partition coefficient (Wildman–Crippen LogP) is 3.13. The number of amides is 1. The second-order valence-electron chi connectivity index (χ2n) is 5.14. The number of carbonyl (C=O) groups excluding carboxylic acids is 1. The Kier molecular flexibility index (Phi) is 7.03. The number of benzene rings is 1. The van der Waals surface area contributed by atoms with Crippen molar-refractivity contribution in [2.45, 2.75) is 37.5 Å². The summed E-state index contributed by atoms with van der Waals surface area (Å²) in [5, 5.41) is 2.91. The van der Waals surface area contributed by atoms with Crippen molar-refractivity contribution in [3.05, 3.63) is 35.6 Å². The summed E-state index contributed by atoms with van der Waals surface area (Å²) in [4.78, 5) is 11.8. The van der Waals surface area contributed by atoms with Gasteiger partial charge in [-0.15, -0.1) is 0 Å². The van der Waals surface area contributed by atoms with Gasteiger partial charge in [0, 0.05) is 18.9 Å². The minimum Gasteiger partial charge on any atom is -0.368 e. The van der Waals surface area contributed by atoms with E-state index in [-0.39, 0.29) is 17.8 Å². The van der Waals surface area contributed by atoms with E-state index in [1.165, 1.54) is 6.07 Å². The lowest BCUT2D eigenvalue weighted by Crippen LogP contribution is -2.38. The Balaban J connectivity index is 1.54. The molecule has 2 rings (SSSR count). The zero-order chi connectivity index (χ0) is 14.9. The largest absolute Gasteiger partial charge is 0.368 e. The van der Waals surface area contributed by atoms with E-state index in [0.29, 0.717) is 18.9 Å². The molecule has 0 bridgehead atoms. The van der Waals surface area contributed by atoms with Crippen LogP contribution in [0.2, 0.25) is 0 Å². The highest BCUT2D eigenvalue weighted by molar-refractivity contribution is 7.98. The molecule has 21 heavy (non-hydrogen) atoms. The van der Waals surface area contributed by atoms with Gasteiger partial charge in [0.2, 0.25) is 5.91 Å². The lowest BCUT2D eigenvalue weighted by molar-refractivity contribution is -0.135. The molecule has 1 heterocycles. The molecule has 5 heteroatoms. The van der Waals surface area contributed by atoms with Crippen LogP contribution in [0, 0.1) is 5.82 Å². The van der Waals surface area contributed by atoms with Crippen molar-refractivity contribution in [3.63, 3.8) is 0 Å². The zero-order valence-corrected chi connectivity index (χ0v) is 13.0. The number of nitrogens with one attached hydrogen (secondary N) is 1. The van der Waals surface area contributed by atoms with Crippen molar-refractivity contribution in [1.82, 2.24) is 5.32 Å². The average Bonchev–Trinajstić information content (AvgIpc) is 2.53. The Morgan fingerprint density at radius 2 is 2.24 bits per heavy atom. The second-order valence-corrected chi connectivity index (χ2v) is 6.25. The molecule has 1 aromatic carbocycles. The molecule has 1 fully saturated rings. The van der Waals surface area contributed by atoms with Crippen molar-refractivity contribution >= 4 is 17.7 Å². The van der Waals surface area contributed by atoms with E-state index in [1.807, 2.05) is 12.1 Å². The summed E-state index contributed by atoms with van der Waals surface area (Å²) >= 11 is 1.69. The monoisotopic (exact) mass is 311 g/mol. The highest BCUT2D eigenvalue weighted by atomic mass is 32.2. The second kappa shape index (κ2) is 9.05. The van der Waals surface area contributed by atoms with Gasteiger partial charge in [-0.2, -0.15) is 11.8 Å². The van der Waals surface area contributed by atoms with Gasteiger partial charge in [-0.05, 0) is 43.1 Å². The molecule has 0 unspecified atom stereocenters. The predicted molar refractivity (Wildman–Crippen MR) is 83.8 cm³/mol. The fraction of sp³-hybridized carbons (Fsp3) is 0.562. The maximum Gasteiger partial charge on any atom is 0.249 e. The third kappa shape index (κ3) is 5.67. The molecule has 0 aromatic heterocycles. The van der Waals surface area contributed by atoms with E-state index < -0.39 is 0 Å². The number of carbonyl (C=O) groups is 1. The van der Waals surface area contributed by atoms with E-state index in [1.54, 1.807) is 17.8 Å². The molecule has 116 valence electrons. The first kappa shape index (κ1) is 16.3. The number of hydrogen-bond acceptors (Lipinski definition) is 3. The SMILES string of the molecule is O=C(NCCCSCc1ccccc1F)[C@H]1CCCCO1. The van der Waals surface area contributed by atoms with Crippen LogP contribution in [0.15, 0.2) is 24.3 Å². The quantitative estimate of drug-likeness (QED) is 0.786. The topological polar surface area (TPSA) is 38.3 Å².